The lowest BCUT2D eigenvalue weighted by Gasteiger charge is -2.09. The summed E-state index contributed by atoms with van der Waals surface area (Å²) in [4.78, 5) is 0.136. The Hall–Kier alpha value is -2.01. The first kappa shape index (κ1) is 26.2. The first-order chi connectivity index (χ1) is 15.6. The van der Waals surface area contributed by atoms with Crippen LogP contribution in [-0.2, 0) is 33.2 Å². The lowest BCUT2D eigenvalue weighted by molar-refractivity contribution is -0.00682. The van der Waals surface area contributed by atoms with Crippen molar-refractivity contribution in [2.75, 3.05) is 66.1 Å². The number of hydrogen-bond donors (Lipinski definition) is 0. The summed E-state index contributed by atoms with van der Waals surface area (Å²) in [5.74, 6) is 0.827. The summed E-state index contributed by atoms with van der Waals surface area (Å²) in [6.45, 7) is 5.62. The zero-order chi connectivity index (χ0) is 22.9. The second kappa shape index (κ2) is 15.7. The molecule has 0 aliphatic rings. The van der Waals surface area contributed by atoms with Crippen LogP contribution in [0.1, 0.15) is 5.56 Å². The van der Waals surface area contributed by atoms with Crippen LogP contribution in [-0.4, -0.2) is 74.5 Å². The molecule has 0 aromatic heterocycles. The Kier molecular flexibility index (Phi) is 12.9. The average molecular weight is 469 g/mol. The van der Waals surface area contributed by atoms with E-state index in [1.807, 2.05) is 37.3 Å². The van der Waals surface area contributed by atoms with E-state index in [0.717, 1.165) is 11.3 Å². The van der Waals surface area contributed by atoms with Crippen molar-refractivity contribution in [1.82, 2.24) is 0 Å². The normalized spacial score (nSPS) is 11.5. The summed E-state index contributed by atoms with van der Waals surface area (Å²) in [7, 11) is -3.75. The van der Waals surface area contributed by atoms with Crippen LogP contribution in [0.2, 0.25) is 0 Å². The van der Waals surface area contributed by atoms with Gasteiger partial charge in [-0.25, -0.2) is 0 Å². The lowest BCUT2D eigenvalue weighted by Crippen LogP contribution is -2.15. The van der Waals surface area contributed by atoms with Crippen molar-refractivity contribution in [2.24, 2.45) is 0 Å². The zero-order valence-electron chi connectivity index (χ0n) is 18.4. The number of aryl methyl sites for hydroxylation is 1. The summed E-state index contributed by atoms with van der Waals surface area (Å²) in [5, 5.41) is 0. The van der Waals surface area contributed by atoms with E-state index in [1.54, 1.807) is 12.1 Å². The molecule has 2 aromatic carbocycles. The van der Waals surface area contributed by atoms with Gasteiger partial charge in [-0.15, -0.1) is 0 Å². The predicted molar refractivity (Wildman–Crippen MR) is 120 cm³/mol. The maximum atomic E-state index is 12.0. The van der Waals surface area contributed by atoms with Crippen LogP contribution in [0.5, 0.6) is 5.75 Å². The molecule has 0 spiro atoms. The fraction of sp³-hybridized carbons (Fsp3) is 0.478. The van der Waals surface area contributed by atoms with Gasteiger partial charge < -0.3 is 23.7 Å². The molecule has 0 atom stereocenters. The van der Waals surface area contributed by atoms with Gasteiger partial charge >= 0.3 is 0 Å². The molecule has 0 bridgehead atoms. The topological polar surface area (TPSA) is 89.5 Å². The Bertz CT molecular complexity index is 825. The van der Waals surface area contributed by atoms with Gasteiger partial charge in [0.15, 0.2) is 0 Å². The molecule has 9 heteroatoms. The Morgan fingerprint density at radius 1 is 0.594 bits per heavy atom. The highest BCUT2D eigenvalue weighted by Crippen LogP contribution is 2.13. The monoisotopic (exact) mass is 468 g/mol. The third kappa shape index (κ3) is 11.6. The van der Waals surface area contributed by atoms with Crippen molar-refractivity contribution in [3.63, 3.8) is 0 Å². The van der Waals surface area contributed by atoms with Gasteiger partial charge in [-0.2, -0.15) is 8.42 Å². The number of ether oxygens (including phenoxy) is 5. The third-order valence-corrected chi connectivity index (χ3v) is 5.46. The van der Waals surface area contributed by atoms with Gasteiger partial charge in [-0.3, -0.25) is 4.18 Å². The van der Waals surface area contributed by atoms with Gasteiger partial charge in [0.1, 0.15) is 12.4 Å². The molecule has 2 aromatic rings. The van der Waals surface area contributed by atoms with Crippen molar-refractivity contribution in [3.05, 3.63) is 60.2 Å². The van der Waals surface area contributed by atoms with Crippen LogP contribution in [0, 0.1) is 6.92 Å². The number of para-hydroxylation sites is 1. The minimum absolute atomic E-state index is 0.0459. The van der Waals surface area contributed by atoms with Crippen molar-refractivity contribution in [1.29, 1.82) is 0 Å². The smallest absolute Gasteiger partial charge is 0.297 e. The molecule has 0 N–H and O–H groups in total. The van der Waals surface area contributed by atoms with E-state index in [0.29, 0.717) is 52.9 Å². The van der Waals surface area contributed by atoms with Crippen molar-refractivity contribution in [3.8, 4) is 5.75 Å². The van der Waals surface area contributed by atoms with Crippen LogP contribution in [0.3, 0.4) is 0 Å². The van der Waals surface area contributed by atoms with E-state index in [1.165, 1.54) is 12.1 Å². The van der Waals surface area contributed by atoms with E-state index in [-0.39, 0.29) is 18.1 Å². The maximum Gasteiger partial charge on any atom is 0.297 e. The molecule has 0 saturated carbocycles. The van der Waals surface area contributed by atoms with Crippen LogP contribution in [0.25, 0.3) is 0 Å². The molecule has 0 amide bonds. The summed E-state index contributed by atoms with van der Waals surface area (Å²) in [6, 6.07) is 16.1. The van der Waals surface area contributed by atoms with Crippen LogP contribution < -0.4 is 4.74 Å². The van der Waals surface area contributed by atoms with Gasteiger partial charge in [0.05, 0.1) is 64.4 Å². The van der Waals surface area contributed by atoms with Gasteiger partial charge in [0.25, 0.3) is 10.1 Å². The Morgan fingerprint density at radius 3 is 1.59 bits per heavy atom. The first-order valence-electron chi connectivity index (χ1n) is 10.5. The maximum absolute atomic E-state index is 12.0. The Balaban J connectivity index is 1.33. The average Bonchev–Trinajstić information content (AvgIpc) is 2.79. The second-order valence-electron chi connectivity index (χ2n) is 6.70. The number of rotatable bonds is 18. The van der Waals surface area contributed by atoms with Crippen molar-refractivity contribution in [2.45, 2.75) is 11.8 Å². The Morgan fingerprint density at radius 2 is 1.06 bits per heavy atom. The van der Waals surface area contributed by atoms with Crippen molar-refractivity contribution < 1.29 is 36.3 Å². The summed E-state index contributed by atoms with van der Waals surface area (Å²) in [5.41, 5.74) is 0.982. The molecule has 178 valence electrons. The molecular formula is C23H32O8S. The quantitative estimate of drug-likeness (QED) is 0.244. The highest BCUT2D eigenvalue weighted by atomic mass is 32.2. The standard InChI is InChI=1S/C23H32O8S/c1-21-7-9-23(10-8-21)32(24,25)31-20-18-29-16-14-27-12-11-26-13-15-28-17-19-30-22-5-3-2-4-6-22/h2-10H,11-20H2,1H3. The van der Waals surface area contributed by atoms with Gasteiger partial charge in [0.2, 0.25) is 0 Å². The number of hydrogen-bond acceptors (Lipinski definition) is 8. The Labute approximate surface area is 190 Å². The molecular weight excluding hydrogens is 436 g/mol. The van der Waals surface area contributed by atoms with Crippen LogP contribution in [0.4, 0.5) is 0 Å². The fourth-order valence-corrected chi connectivity index (χ4v) is 3.37. The zero-order valence-corrected chi connectivity index (χ0v) is 19.3. The molecule has 0 radical (unpaired) electrons. The minimum atomic E-state index is -3.75. The first-order valence-corrected chi connectivity index (χ1v) is 11.9. The molecule has 0 aliphatic heterocycles. The van der Waals surface area contributed by atoms with E-state index < -0.39 is 10.1 Å². The van der Waals surface area contributed by atoms with Crippen molar-refractivity contribution >= 4 is 10.1 Å². The third-order valence-electron chi connectivity index (χ3n) is 4.13. The highest BCUT2D eigenvalue weighted by molar-refractivity contribution is 7.86. The summed E-state index contributed by atoms with van der Waals surface area (Å²) in [6.07, 6.45) is 0. The van der Waals surface area contributed by atoms with Gasteiger partial charge in [-0.05, 0) is 31.2 Å². The molecule has 0 saturated heterocycles. The van der Waals surface area contributed by atoms with E-state index in [4.69, 9.17) is 27.9 Å². The second-order valence-corrected chi connectivity index (χ2v) is 8.32. The molecule has 2 rings (SSSR count). The highest BCUT2D eigenvalue weighted by Gasteiger charge is 2.14. The fourth-order valence-electron chi connectivity index (χ4n) is 2.47. The molecule has 0 unspecified atom stereocenters. The minimum Gasteiger partial charge on any atom is -0.491 e. The van der Waals surface area contributed by atoms with Crippen LogP contribution in [0.15, 0.2) is 59.5 Å². The van der Waals surface area contributed by atoms with E-state index >= 15 is 0 Å². The predicted octanol–water partition coefficient (Wildman–Crippen LogP) is 2.85. The number of benzene rings is 2. The van der Waals surface area contributed by atoms with E-state index in [2.05, 4.69) is 0 Å². The summed E-state index contributed by atoms with van der Waals surface area (Å²) < 4.78 is 56.0. The molecule has 0 fully saturated rings. The summed E-state index contributed by atoms with van der Waals surface area (Å²) >= 11 is 0. The van der Waals surface area contributed by atoms with Gasteiger partial charge in [0, 0.05) is 0 Å². The van der Waals surface area contributed by atoms with Crippen LogP contribution >= 0.6 is 0 Å². The largest absolute Gasteiger partial charge is 0.491 e. The SMILES string of the molecule is Cc1ccc(S(=O)(=O)OCCOCCOCCOCCOCCOc2ccccc2)cc1. The molecule has 0 aliphatic carbocycles. The molecule has 0 heterocycles. The molecule has 32 heavy (non-hydrogen) atoms. The van der Waals surface area contributed by atoms with E-state index in [9.17, 15) is 8.42 Å². The van der Waals surface area contributed by atoms with Gasteiger partial charge in [-0.1, -0.05) is 35.9 Å². The lowest BCUT2D eigenvalue weighted by atomic mass is 10.2. The molecule has 8 nitrogen and oxygen atoms in total.